The Morgan fingerprint density at radius 2 is 1.94 bits per heavy atom. The molecule has 0 unspecified atom stereocenters. The van der Waals surface area contributed by atoms with E-state index in [1.807, 2.05) is 60.0 Å². The van der Waals surface area contributed by atoms with Gasteiger partial charge >= 0.3 is 0 Å². The fourth-order valence-corrected chi connectivity index (χ4v) is 8.34. The maximum absolute atomic E-state index is 13.8. The van der Waals surface area contributed by atoms with Crippen LogP contribution < -0.4 is 5.32 Å². The molecule has 5 aromatic rings. The second kappa shape index (κ2) is 14.0. The number of non-ortho nitro benzene ring substituents is 1. The topological polar surface area (TPSA) is 115 Å². The lowest BCUT2D eigenvalue weighted by atomic mass is 9.72. The molecule has 0 spiro atoms. The van der Waals surface area contributed by atoms with E-state index in [0.29, 0.717) is 55.2 Å². The third-order valence-corrected chi connectivity index (χ3v) is 11.0. The Hall–Kier alpha value is -4.32. The SMILES string of the molecule is CCn1c(Sc2ccc([N+](=O)[O-])cc2C=Nc2sc3c(c2C(=O)Nc2ccccc2)CC[C@H](C(C)(C)C)C3)nnc1-c1cccc(Cl)c1. The molecule has 0 radical (unpaired) electrons. The molecule has 1 atom stereocenters. The van der Waals surface area contributed by atoms with E-state index >= 15 is 0 Å². The number of amides is 1. The van der Waals surface area contributed by atoms with E-state index in [2.05, 4.69) is 36.3 Å². The number of nitrogens with zero attached hydrogens (tertiary/aromatic N) is 5. The molecular formula is C36H35ClN6O3S2. The molecule has 0 saturated heterocycles. The number of aromatic nitrogens is 3. The maximum atomic E-state index is 13.8. The Balaban J connectivity index is 1.39. The summed E-state index contributed by atoms with van der Waals surface area (Å²) in [5.74, 6) is 0.947. The van der Waals surface area contributed by atoms with Crippen LogP contribution in [0.25, 0.3) is 11.4 Å². The van der Waals surface area contributed by atoms with Crippen molar-refractivity contribution in [1.82, 2.24) is 14.8 Å². The molecule has 2 heterocycles. The van der Waals surface area contributed by atoms with Gasteiger partial charge in [-0.1, -0.05) is 62.7 Å². The van der Waals surface area contributed by atoms with Crippen LogP contribution in [0.4, 0.5) is 16.4 Å². The summed E-state index contributed by atoms with van der Waals surface area (Å²) >= 11 is 9.13. The molecule has 1 aliphatic rings. The van der Waals surface area contributed by atoms with Crippen molar-refractivity contribution < 1.29 is 9.72 Å². The predicted octanol–water partition coefficient (Wildman–Crippen LogP) is 9.89. The zero-order chi connectivity index (χ0) is 34.0. The fraction of sp³-hybridized carbons (Fsp3) is 0.278. The predicted molar refractivity (Wildman–Crippen MR) is 194 cm³/mol. The molecular weight excluding hydrogens is 664 g/mol. The lowest BCUT2D eigenvalue weighted by molar-refractivity contribution is -0.384. The third kappa shape index (κ3) is 7.23. The normalized spacial score (nSPS) is 14.6. The molecule has 2 aromatic heterocycles. The molecule has 0 bridgehead atoms. The van der Waals surface area contributed by atoms with E-state index in [-0.39, 0.29) is 17.0 Å². The van der Waals surface area contributed by atoms with Gasteiger partial charge in [0, 0.05) is 56.5 Å². The molecule has 1 amide bonds. The highest BCUT2D eigenvalue weighted by Gasteiger charge is 2.34. The molecule has 3 aromatic carbocycles. The summed E-state index contributed by atoms with van der Waals surface area (Å²) in [6.45, 7) is 9.39. The Morgan fingerprint density at radius 3 is 2.65 bits per heavy atom. The average molecular weight is 699 g/mol. The zero-order valence-electron chi connectivity index (χ0n) is 27.1. The van der Waals surface area contributed by atoms with E-state index in [1.165, 1.54) is 40.1 Å². The van der Waals surface area contributed by atoms with Crippen LogP contribution in [0, 0.1) is 21.4 Å². The fourth-order valence-electron chi connectivity index (χ4n) is 5.91. The number of nitrogens with one attached hydrogen (secondary N) is 1. The van der Waals surface area contributed by atoms with Crippen LogP contribution in [0.15, 0.2) is 87.8 Å². The number of benzene rings is 3. The molecule has 0 fully saturated rings. The first-order chi connectivity index (χ1) is 23.0. The molecule has 1 aliphatic carbocycles. The summed E-state index contributed by atoms with van der Waals surface area (Å²) in [5.41, 5.74) is 3.77. The van der Waals surface area contributed by atoms with Crippen LogP contribution in [-0.4, -0.2) is 31.8 Å². The number of nitro groups is 1. The van der Waals surface area contributed by atoms with Gasteiger partial charge in [0.05, 0.1) is 10.5 Å². The van der Waals surface area contributed by atoms with E-state index in [9.17, 15) is 14.9 Å². The van der Waals surface area contributed by atoms with Gasteiger partial charge in [-0.15, -0.1) is 21.5 Å². The molecule has 6 rings (SSSR count). The van der Waals surface area contributed by atoms with Gasteiger partial charge in [-0.2, -0.15) is 0 Å². The van der Waals surface area contributed by atoms with E-state index in [0.717, 1.165) is 30.4 Å². The van der Waals surface area contributed by atoms with Crippen molar-refractivity contribution in [3.05, 3.63) is 110 Å². The van der Waals surface area contributed by atoms with Gasteiger partial charge in [-0.25, -0.2) is 4.99 Å². The average Bonchev–Trinajstić information content (AvgIpc) is 3.64. The zero-order valence-corrected chi connectivity index (χ0v) is 29.5. The van der Waals surface area contributed by atoms with E-state index in [1.54, 1.807) is 18.3 Å². The summed E-state index contributed by atoms with van der Waals surface area (Å²) in [7, 11) is 0. The van der Waals surface area contributed by atoms with Gasteiger partial charge in [0.15, 0.2) is 11.0 Å². The number of fused-ring (bicyclic) bond motifs is 1. The number of rotatable bonds is 9. The second-order valence-corrected chi connectivity index (χ2v) is 15.2. The van der Waals surface area contributed by atoms with Crippen LogP contribution >= 0.6 is 34.7 Å². The summed E-state index contributed by atoms with van der Waals surface area (Å²) < 4.78 is 1.98. The largest absolute Gasteiger partial charge is 0.322 e. The van der Waals surface area contributed by atoms with E-state index < -0.39 is 4.92 Å². The first-order valence-electron chi connectivity index (χ1n) is 15.7. The standard InChI is InChI=1S/C36H35ClN6O3S2/c1-5-42-32(22-10-9-11-25(37)18-22)40-41-35(42)48-29-17-15-27(43(45)46)19-23(29)21-38-34-31(33(44)39-26-12-7-6-8-13-26)28-16-14-24(36(2,3)4)20-30(28)47-34/h6-13,15,17-19,21,24H,5,14,16,20H2,1-4H3,(H,39,44)/t24-/m0/s1. The molecule has 1 N–H and O–H groups in total. The van der Waals surface area contributed by atoms with Gasteiger partial charge in [-0.3, -0.25) is 14.9 Å². The number of para-hydroxylation sites is 1. The van der Waals surface area contributed by atoms with Gasteiger partial charge in [-0.05, 0) is 85.2 Å². The van der Waals surface area contributed by atoms with Crippen molar-refractivity contribution >= 4 is 63.2 Å². The molecule has 0 saturated carbocycles. The summed E-state index contributed by atoms with van der Waals surface area (Å²) in [6, 6.07) is 21.5. The quantitative estimate of drug-likeness (QED) is 0.0931. The number of carbonyl (C=O) groups excluding carboxylic acids is 1. The van der Waals surface area contributed by atoms with Crippen molar-refractivity contribution in [3.63, 3.8) is 0 Å². The maximum Gasteiger partial charge on any atom is 0.270 e. The Kier molecular flexibility index (Phi) is 9.82. The summed E-state index contributed by atoms with van der Waals surface area (Å²) in [5, 5.41) is 25.6. The highest BCUT2D eigenvalue weighted by atomic mass is 35.5. The van der Waals surface area contributed by atoms with Crippen molar-refractivity contribution in [2.24, 2.45) is 16.3 Å². The van der Waals surface area contributed by atoms with Crippen LogP contribution in [0.1, 0.15) is 60.5 Å². The van der Waals surface area contributed by atoms with Gasteiger partial charge in [0.2, 0.25) is 0 Å². The monoisotopic (exact) mass is 698 g/mol. The van der Waals surface area contributed by atoms with Gasteiger partial charge < -0.3 is 9.88 Å². The Labute approximate surface area is 292 Å². The van der Waals surface area contributed by atoms with E-state index in [4.69, 9.17) is 16.6 Å². The van der Waals surface area contributed by atoms with Crippen LogP contribution in [-0.2, 0) is 19.4 Å². The lowest BCUT2D eigenvalue weighted by Gasteiger charge is -2.33. The molecule has 12 heteroatoms. The number of carbonyl (C=O) groups is 1. The van der Waals surface area contributed by atoms with Crippen molar-refractivity contribution in [3.8, 4) is 11.4 Å². The highest BCUT2D eigenvalue weighted by molar-refractivity contribution is 7.99. The number of thiophene rings is 1. The number of nitro benzene ring substituents is 1. The van der Waals surface area contributed by atoms with Crippen molar-refractivity contribution in [2.75, 3.05) is 5.32 Å². The van der Waals surface area contributed by atoms with Crippen LogP contribution in [0.3, 0.4) is 0 Å². The summed E-state index contributed by atoms with van der Waals surface area (Å²) in [6.07, 6.45) is 4.28. The minimum Gasteiger partial charge on any atom is -0.322 e. The van der Waals surface area contributed by atoms with Crippen LogP contribution in [0.2, 0.25) is 5.02 Å². The molecule has 9 nitrogen and oxygen atoms in total. The van der Waals surface area contributed by atoms with Gasteiger partial charge in [0.1, 0.15) is 5.00 Å². The highest BCUT2D eigenvalue weighted by Crippen LogP contribution is 2.45. The van der Waals surface area contributed by atoms with Crippen molar-refractivity contribution in [2.45, 2.75) is 63.6 Å². The first kappa shape index (κ1) is 33.6. The summed E-state index contributed by atoms with van der Waals surface area (Å²) in [4.78, 5) is 32.0. The van der Waals surface area contributed by atoms with Crippen LogP contribution in [0.5, 0.6) is 0 Å². The minimum atomic E-state index is -0.424. The molecule has 0 aliphatic heterocycles. The Bertz CT molecular complexity index is 2020. The number of hydrogen-bond acceptors (Lipinski definition) is 8. The lowest BCUT2D eigenvalue weighted by Crippen LogP contribution is -2.27. The third-order valence-electron chi connectivity index (χ3n) is 8.57. The number of halogens is 1. The molecule has 246 valence electrons. The number of aliphatic imine (C=N–C) groups is 1. The molecule has 48 heavy (non-hydrogen) atoms. The number of anilines is 1. The van der Waals surface area contributed by atoms with Crippen molar-refractivity contribution in [1.29, 1.82) is 0 Å². The smallest absolute Gasteiger partial charge is 0.270 e. The minimum absolute atomic E-state index is 0.0575. The van der Waals surface area contributed by atoms with Gasteiger partial charge in [0.25, 0.3) is 11.6 Å². The first-order valence-corrected chi connectivity index (χ1v) is 17.7. The second-order valence-electron chi connectivity index (χ2n) is 12.7. The Morgan fingerprint density at radius 1 is 1.15 bits per heavy atom. The number of hydrogen-bond donors (Lipinski definition) is 1.